The lowest BCUT2D eigenvalue weighted by Crippen LogP contribution is -2.32. The van der Waals surface area contributed by atoms with Crippen molar-refractivity contribution in [3.8, 4) is 0 Å². The van der Waals surface area contributed by atoms with Gasteiger partial charge < -0.3 is 19.9 Å². The molecule has 1 atom stereocenters. The Kier molecular flexibility index (Phi) is 5.93. The number of esters is 1. The minimum Gasteiger partial charge on any atom is -0.478 e. The molecule has 25 heavy (non-hydrogen) atoms. The van der Waals surface area contributed by atoms with Crippen LogP contribution in [-0.4, -0.2) is 37.4 Å². The fraction of sp³-hybridized carbons (Fsp3) is 0.333. The molecule has 1 aliphatic heterocycles. The van der Waals surface area contributed by atoms with Gasteiger partial charge in [-0.25, -0.2) is 14.0 Å². The Bertz CT molecular complexity index is 754. The molecule has 0 bridgehead atoms. The highest BCUT2D eigenvalue weighted by Crippen LogP contribution is 2.39. The number of ether oxygens (including phenoxy) is 2. The zero-order chi connectivity index (χ0) is 18.6. The Balaban J connectivity index is 2.54. The van der Waals surface area contributed by atoms with Crippen molar-refractivity contribution in [2.45, 2.75) is 19.8 Å². The Labute approximate surface area is 144 Å². The molecule has 0 spiro atoms. The van der Waals surface area contributed by atoms with Crippen LogP contribution >= 0.6 is 0 Å². The lowest BCUT2D eigenvalue weighted by Gasteiger charge is -2.29. The van der Waals surface area contributed by atoms with E-state index in [1.165, 1.54) is 25.3 Å². The molecule has 1 aliphatic rings. The summed E-state index contributed by atoms with van der Waals surface area (Å²) in [6.07, 6.45) is 0. The third kappa shape index (κ3) is 3.88. The Hall–Kier alpha value is -2.67. The fourth-order valence-electron chi connectivity index (χ4n) is 2.86. The summed E-state index contributed by atoms with van der Waals surface area (Å²) in [7, 11) is 1.47. The molecule has 0 saturated heterocycles. The molecule has 134 valence electrons. The second kappa shape index (κ2) is 7.94. The van der Waals surface area contributed by atoms with Crippen LogP contribution in [0, 0.1) is 5.82 Å². The number of dihydropyridines is 1. The van der Waals surface area contributed by atoms with Crippen molar-refractivity contribution in [1.29, 1.82) is 0 Å². The van der Waals surface area contributed by atoms with Crippen LogP contribution in [0.25, 0.3) is 0 Å². The molecule has 0 amide bonds. The molecule has 0 aromatic heterocycles. The van der Waals surface area contributed by atoms with Crippen molar-refractivity contribution in [1.82, 2.24) is 5.32 Å². The number of carboxylic acid groups (broad SMARTS) is 1. The van der Waals surface area contributed by atoms with Gasteiger partial charge in [-0.1, -0.05) is 18.2 Å². The summed E-state index contributed by atoms with van der Waals surface area (Å²) < 4.78 is 24.4. The predicted molar refractivity (Wildman–Crippen MR) is 88.1 cm³/mol. The standard InChI is InChI=1S/C18H20FNO5/c1-10-14(17(21)22)16(12-6-4-5-7-13(12)19)15(11(2)20-10)18(23)25-9-8-24-3/h4-7,16,20H,8-9H2,1-3H3,(H,21,22). The first-order chi connectivity index (χ1) is 11.9. The minimum atomic E-state index is -1.23. The van der Waals surface area contributed by atoms with Gasteiger partial charge in [-0.2, -0.15) is 0 Å². The second-order valence-electron chi connectivity index (χ2n) is 5.59. The van der Waals surface area contributed by atoms with Gasteiger partial charge >= 0.3 is 11.9 Å². The van der Waals surface area contributed by atoms with Crippen LogP contribution in [0.2, 0.25) is 0 Å². The van der Waals surface area contributed by atoms with Gasteiger partial charge in [-0.3, -0.25) is 0 Å². The molecule has 0 radical (unpaired) electrons. The Morgan fingerprint density at radius 1 is 1.16 bits per heavy atom. The van der Waals surface area contributed by atoms with E-state index in [-0.39, 0.29) is 29.9 Å². The van der Waals surface area contributed by atoms with Crippen LogP contribution in [-0.2, 0) is 19.1 Å². The number of allylic oxidation sites excluding steroid dienone is 2. The maximum Gasteiger partial charge on any atom is 0.336 e. The number of carboxylic acids is 1. The van der Waals surface area contributed by atoms with E-state index in [0.29, 0.717) is 11.4 Å². The molecule has 2 rings (SSSR count). The quantitative estimate of drug-likeness (QED) is 0.606. The topological polar surface area (TPSA) is 84.9 Å². The largest absolute Gasteiger partial charge is 0.478 e. The molecule has 1 unspecified atom stereocenters. The van der Waals surface area contributed by atoms with E-state index in [2.05, 4.69) is 5.32 Å². The number of rotatable bonds is 6. The predicted octanol–water partition coefficient (Wildman–Crippen LogP) is 2.33. The van der Waals surface area contributed by atoms with Gasteiger partial charge in [0.05, 0.1) is 23.7 Å². The zero-order valence-corrected chi connectivity index (χ0v) is 14.3. The first-order valence-corrected chi connectivity index (χ1v) is 7.70. The number of aliphatic carboxylic acids is 1. The van der Waals surface area contributed by atoms with Gasteiger partial charge in [0.1, 0.15) is 12.4 Å². The highest BCUT2D eigenvalue weighted by atomic mass is 19.1. The molecule has 6 nitrogen and oxygen atoms in total. The van der Waals surface area contributed by atoms with Gasteiger partial charge in [0.15, 0.2) is 0 Å². The van der Waals surface area contributed by atoms with Crippen molar-refractivity contribution < 1.29 is 28.6 Å². The first-order valence-electron chi connectivity index (χ1n) is 7.70. The summed E-state index contributed by atoms with van der Waals surface area (Å²) in [4.78, 5) is 24.3. The Morgan fingerprint density at radius 2 is 1.80 bits per heavy atom. The smallest absolute Gasteiger partial charge is 0.336 e. The summed E-state index contributed by atoms with van der Waals surface area (Å²) in [5, 5.41) is 12.5. The van der Waals surface area contributed by atoms with Gasteiger partial charge in [-0.05, 0) is 19.9 Å². The highest BCUT2D eigenvalue weighted by Gasteiger charge is 2.38. The lowest BCUT2D eigenvalue weighted by atomic mass is 9.80. The molecule has 1 heterocycles. The summed E-state index contributed by atoms with van der Waals surface area (Å²) in [5.41, 5.74) is 0.877. The molecular formula is C18H20FNO5. The summed E-state index contributed by atoms with van der Waals surface area (Å²) in [5.74, 6) is -3.58. The van der Waals surface area contributed by atoms with Gasteiger partial charge in [-0.15, -0.1) is 0 Å². The van der Waals surface area contributed by atoms with Crippen LogP contribution < -0.4 is 5.32 Å². The summed E-state index contributed by atoms with van der Waals surface area (Å²) >= 11 is 0. The first kappa shape index (κ1) is 18.7. The third-order valence-corrected chi connectivity index (χ3v) is 3.95. The SMILES string of the molecule is COCCOC(=O)C1=C(C)NC(C)=C(C(=O)O)C1c1ccccc1F. The van der Waals surface area contributed by atoms with Crippen LogP contribution in [0.15, 0.2) is 46.8 Å². The van der Waals surface area contributed by atoms with E-state index < -0.39 is 23.7 Å². The van der Waals surface area contributed by atoms with E-state index >= 15 is 0 Å². The molecule has 1 aromatic carbocycles. The number of nitrogens with one attached hydrogen (secondary N) is 1. The molecule has 0 saturated carbocycles. The normalized spacial score (nSPS) is 17.4. The average molecular weight is 349 g/mol. The number of carbonyl (C=O) groups excluding carboxylic acids is 1. The van der Waals surface area contributed by atoms with Gasteiger partial charge in [0.25, 0.3) is 0 Å². The maximum atomic E-state index is 14.4. The number of methoxy groups -OCH3 is 1. The van der Waals surface area contributed by atoms with Crippen LogP contribution in [0.3, 0.4) is 0 Å². The fourth-order valence-corrected chi connectivity index (χ4v) is 2.86. The average Bonchev–Trinajstić information content (AvgIpc) is 2.54. The van der Waals surface area contributed by atoms with Crippen LogP contribution in [0.4, 0.5) is 4.39 Å². The number of benzene rings is 1. The Morgan fingerprint density at radius 3 is 2.40 bits per heavy atom. The van der Waals surface area contributed by atoms with Gasteiger partial charge in [0.2, 0.25) is 0 Å². The molecule has 1 aromatic rings. The highest BCUT2D eigenvalue weighted by molar-refractivity contribution is 5.99. The molecule has 0 fully saturated rings. The third-order valence-electron chi connectivity index (χ3n) is 3.95. The number of hydrogen-bond acceptors (Lipinski definition) is 5. The van der Waals surface area contributed by atoms with Crippen LogP contribution in [0.5, 0.6) is 0 Å². The minimum absolute atomic E-state index is 0.0151. The lowest BCUT2D eigenvalue weighted by molar-refractivity contribution is -0.140. The molecule has 0 aliphatic carbocycles. The molecule has 2 N–H and O–H groups in total. The van der Waals surface area contributed by atoms with Crippen molar-refractivity contribution in [2.24, 2.45) is 0 Å². The summed E-state index contributed by atoms with van der Waals surface area (Å²) in [6, 6.07) is 5.80. The molecule has 7 heteroatoms. The molecular weight excluding hydrogens is 329 g/mol. The van der Waals surface area contributed by atoms with Crippen molar-refractivity contribution in [3.63, 3.8) is 0 Å². The van der Waals surface area contributed by atoms with E-state index in [4.69, 9.17) is 9.47 Å². The van der Waals surface area contributed by atoms with E-state index in [1.807, 2.05) is 0 Å². The van der Waals surface area contributed by atoms with Crippen LogP contribution in [0.1, 0.15) is 25.3 Å². The number of carbonyl (C=O) groups is 2. The van der Waals surface area contributed by atoms with Crippen molar-refractivity contribution >= 4 is 11.9 Å². The van der Waals surface area contributed by atoms with Crippen molar-refractivity contribution in [3.05, 3.63) is 58.2 Å². The van der Waals surface area contributed by atoms with Crippen molar-refractivity contribution in [2.75, 3.05) is 20.3 Å². The second-order valence-corrected chi connectivity index (χ2v) is 5.59. The number of hydrogen-bond donors (Lipinski definition) is 2. The van der Waals surface area contributed by atoms with E-state index in [0.717, 1.165) is 0 Å². The maximum absolute atomic E-state index is 14.4. The number of halogens is 1. The van der Waals surface area contributed by atoms with E-state index in [9.17, 15) is 19.1 Å². The monoisotopic (exact) mass is 349 g/mol. The summed E-state index contributed by atoms with van der Waals surface area (Å²) in [6.45, 7) is 3.43. The van der Waals surface area contributed by atoms with Gasteiger partial charge in [0, 0.05) is 24.1 Å². The zero-order valence-electron chi connectivity index (χ0n) is 14.3. The van der Waals surface area contributed by atoms with E-state index in [1.54, 1.807) is 19.9 Å².